The normalized spacial score (nSPS) is 12.3. The van der Waals surface area contributed by atoms with Gasteiger partial charge in [-0.15, -0.1) is 25.5 Å². The number of benzene rings is 9. The van der Waals surface area contributed by atoms with Gasteiger partial charge >= 0.3 is 0 Å². The molecule has 11 rings (SSSR count). The molecule has 6 heteroatoms. The molecule has 10 aromatic rings. The highest BCUT2D eigenvalue weighted by Crippen LogP contribution is 2.46. The molecule has 0 bridgehead atoms. The first-order valence-corrected chi connectivity index (χ1v) is 29.4. The van der Waals surface area contributed by atoms with E-state index in [0.29, 0.717) is 6.54 Å². The molecule has 420 valence electrons. The summed E-state index contributed by atoms with van der Waals surface area (Å²) >= 11 is 0. The summed E-state index contributed by atoms with van der Waals surface area (Å²) in [6, 6.07) is 71.0. The third-order valence-corrected chi connectivity index (χ3v) is 15.7. The summed E-state index contributed by atoms with van der Waals surface area (Å²) in [5.74, 6) is 0. The maximum atomic E-state index is 5.40. The lowest BCUT2D eigenvalue weighted by molar-refractivity contribution is 0.859. The standard InChI is InChI=1S/C80H70N6/c1-8-14-32-60-34-23-29-44-74(60)84(58(7)12-5)76-55-56-77(68(31-10-3)67(76)13-6)85(63-35-18-15-16-19-36-63)65-49-45-61(46-50-65)79-80(82-72-42-27-26-41-71(72)81-79)62-47-51-66(52-48-62)86(64-37-20-17-21-38-64)78-54-53-75(69-39-24-25-40-70(69)78)83(57-11-4)73-43-28-22-33-59(73)30-9-2/h8-15,17-29,31,33-56,58H,2,4-6,30,32,57H2,1,3,7H3/b14-8-,31-10-. The van der Waals surface area contributed by atoms with E-state index in [1.165, 1.54) is 11.1 Å². The van der Waals surface area contributed by atoms with Crippen molar-refractivity contribution in [1.29, 1.82) is 0 Å². The van der Waals surface area contributed by atoms with Gasteiger partial charge in [-0.25, -0.2) is 9.97 Å². The Labute approximate surface area is 507 Å². The van der Waals surface area contributed by atoms with Gasteiger partial charge in [0.25, 0.3) is 0 Å². The van der Waals surface area contributed by atoms with E-state index in [0.717, 1.165) is 125 Å². The summed E-state index contributed by atoms with van der Waals surface area (Å²) in [6.07, 6.45) is 28.3. The fraction of sp³-hybridized carbons (Fsp3) is 0.0875. The van der Waals surface area contributed by atoms with Crippen molar-refractivity contribution >= 4 is 85.1 Å². The molecule has 1 heterocycles. The Morgan fingerprint density at radius 2 is 1.05 bits per heavy atom. The van der Waals surface area contributed by atoms with Gasteiger partial charge in [0.05, 0.1) is 33.8 Å². The molecule has 9 aromatic carbocycles. The first kappa shape index (κ1) is 57.1. The van der Waals surface area contributed by atoms with Crippen molar-refractivity contribution in [2.24, 2.45) is 0 Å². The quantitative estimate of drug-likeness (QED) is 0.0497. The van der Waals surface area contributed by atoms with Crippen LogP contribution in [0.4, 0.5) is 51.2 Å². The fourth-order valence-electron chi connectivity index (χ4n) is 11.6. The number of nitrogens with zero attached hydrogens (tertiary/aromatic N) is 6. The highest BCUT2D eigenvalue weighted by Gasteiger charge is 2.26. The van der Waals surface area contributed by atoms with Gasteiger partial charge in [0.1, 0.15) is 0 Å². The molecule has 0 amide bonds. The number of anilines is 9. The maximum Gasteiger partial charge on any atom is 0.0973 e. The number of aromatic nitrogens is 2. The summed E-state index contributed by atoms with van der Waals surface area (Å²) in [5.41, 5.74) is 23.3. The summed E-state index contributed by atoms with van der Waals surface area (Å²) in [4.78, 5) is 20.2. The predicted molar refractivity (Wildman–Crippen MR) is 370 cm³/mol. The van der Waals surface area contributed by atoms with Gasteiger partial charge in [0.15, 0.2) is 0 Å². The third kappa shape index (κ3) is 11.6. The van der Waals surface area contributed by atoms with Crippen molar-refractivity contribution < 1.29 is 0 Å². The molecule has 1 aromatic heterocycles. The van der Waals surface area contributed by atoms with Crippen LogP contribution in [0.5, 0.6) is 0 Å². The van der Waals surface area contributed by atoms with Crippen molar-refractivity contribution in [1.82, 2.24) is 9.97 Å². The number of hydrogen-bond donors (Lipinski definition) is 0. The van der Waals surface area contributed by atoms with Crippen LogP contribution in [0.3, 0.4) is 0 Å². The van der Waals surface area contributed by atoms with E-state index < -0.39 is 0 Å². The first-order chi connectivity index (χ1) is 42.4. The van der Waals surface area contributed by atoms with Crippen LogP contribution >= 0.6 is 0 Å². The Bertz CT molecular complexity index is 4320. The van der Waals surface area contributed by atoms with Crippen LogP contribution in [0, 0.1) is 0 Å². The minimum Gasteiger partial charge on any atom is -0.337 e. The zero-order valence-corrected chi connectivity index (χ0v) is 49.3. The van der Waals surface area contributed by atoms with E-state index in [2.05, 4.69) is 285 Å². The van der Waals surface area contributed by atoms with Crippen LogP contribution in [-0.4, -0.2) is 22.6 Å². The summed E-state index contributed by atoms with van der Waals surface area (Å²) in [5, 5.41) is 2.26. The zero-order chi connectivity index (χ0) is 59.4. The lowest BCUT2D eigenvalue weighted by atomic mass is 9.97. The van der Waals surface area contributed by atoms with E-state index in [9.17, 15) is 0 Å². The summed E-state index contributed by atoms with van der Waals surface area (Å²) in [6.45, 7) is 24.0. The Morgan fingerprint density at radius 3 is 1.67 bits per heavy atom. The van der Waals surface area contributed by atoms with Crippen LogP contribution in [0.15, 0.2) is 305 Å². The number of fused-ring (bicyclic) bond motifs is 2. The molecule has 86 heavy (non-hydrogen) atoms. The average molecular weight is 1120 g/mol. The molecule has 1 atom stereocenters. The van der Waals surface area contributed by atoms with E-state index >= 15 is 0 Å². The summed E-state index contributed by atoms with van der Waals surface area (Å²) in [7, 11) is 0. The van der Waals surface area contributed by atoms with Crippen molar-refractivity contribution in [3.05, 3.63) is 327 Å². The average Bonchev–Trinajstić information content (AvgIpc) is 1.66. The Balaban J connectivity index is 1.00. The highest BCUT2D eigenvalue weighted by molar-refractivity contribution is 6.06. The molecule has 0 fully saturated rings. The number of hydrogen-bond acceptors (Lipinski definition) is 6. The molecule has 0 saturated carbocycles. The largest absolute Gasteiger partial charge is 0.337 e. The monoisotopic (exact) mass is 1110 g/mol. The smallest absolute Gasteiger partial charge is 0.0973 e. The predicted octanol–water partition coefficient (Wildman–Crippen LogP) is 21.4. The van der Waals surface area contributed by atoms with Gasteiger partial charge in [0.2, 0.25) is 0 Å². The SMILES string of the molecule is C=CCc1ccccc1N(CC=C)c1ccc(N(c2ccccc2)c2ccc(-c3nc4ccccc4nc3-c3ccc(N(C4=CC=C=CC=C4)c4ccc(N(c5ccccc5C/C=C\C)C(C)C=C)c(C=C)c4/C=C\C)cc3)cc2)c2ccccc12. The van der Waals surface area contributed by atoms with E-state index in [1.807, 2.05) is 66.8 Å². The van der Waals surface area contributed by atoms with Crippen molar-refractivity contribution in [3.8, 4) is 22.5 Å². The molecular weight excluding hydrogens is 1040 g/mol. The second-order valence-electron chi connectivity index (χ2n) is 21.0. The molecule has 1 aliphatic rings. The van der Waals surface area contributed by atoms with Gasteiger partial charge < -0.3 is 19.6 Å². The number of para-hydroxylation sites is 5. The molecule has 0 aliphatic heterocycles. The third-order valence-electron chi connectivity index (χ3n) is 15.7. The maximum absolute atomic E-state index is 5.40. The zero-order valence-electron chi connectivity index (χ0n) is 49.3. The Morgan fingerprint density at radius 1 is 0.488 bits per heavy atom. The van der Waals surface area contributed by atoms with Gasteiger partial charge in [-0.2, -0.15) is 0 Å². The molecule has 0 saturated heterocycles. The summed E-state index contributed by atoms with van der Waals surface area (Å²) < 4.78 is 0. The van der Waals surface area contributed by atoms with Crippen molar-refractivity contribution in [2.75, 3.05) is 26.1 Å². The second kappa shape index (κ2) is 26.6. The van der Waals surface area contributed by atoms with E-state index in [1.54, 1.807) is 0 Å². The minimum absolute atomic E-state index is 0.0246. The van der Waals surface area contributed by atoms with Crippen LogP contribution in [0.25, 0.3) is 56.5 Å². The van der Waals surface area contributed by atoms with Crippen LogP contribution in [0.2, 0.25) is 0 Å². The van der Waals surface area contributed by atoms with Crippen LogP contribution < -0.4 is 19.6 Å². The van der Waals surface area contributed by atoms with Gasteiger partial charge in [0, 0.05) is 91.1 Å². The molecule has 6 nitrogen and oxygen atoms in total. The molecule has 0 N–H and O–H groups in total. The van der Waals surface area contributed by atoms with Crippen molar-refractivity contribution in [2.45, 2.75) is 39.7 Å². The van der Waals surface area contributed by atoms with Crippen molar-refractivity contribution in [3.63, 3.8) is 0 Å². The number of allylic oxidation sites excluding steroid dienone is 8. The second-order valence-corrected chi connectivity index (χ2v) is 21.0. The van der Waals surface area contributed by atoms with Gasteiger partial charge in [-0.05, 0) is 154 Å². The van der Waals surface area contributed by atoms with E-state index in [-0.39, 0.29) is 6.04 Å². The fourth-order valence-corrected chi connectivity index (χ4v) is 11.6. The van der Waals surface area contributed by atoms with Gasteiger partial charge in [-0.1, -0.05) is 177 Å². The molecule has 1 unspecified atom stereocenters. The van der Waals surface area contributed by atoms with Crippen LogP contribution in [0.1, 0.15) is 43.0 Å². The molecule has 1 aliphatic carbocycles. The van der Waals surface area contributed by atoms with E-state index in [4.69, 9.17) is 9.97 Å². The van der Waals surface area contributed by atoms with Crippen LogP contribution in [-0.2, 0) is 12.8 Å². The molecule has 0 radical (unpaired) electrons. The van der Waals surface area contributed by atoms with Gasteiger partial charge in [-0.3, -0.25) is 0 Å². The highest BCUT2D eigenvalue weighted by atomic mass is 15.2. The first-order valence-electron chi connectivity index (χ1n) is 29.4. The molecular formula is C80H70N6. The molecule has 0 spiro atoms. The Kier molecular flexibility index (Phi) is 17.7. The lowest BCUT2D eigenvalue weighted by Gasteiger charge is -2.35. The minimum atomic E-state index is -0.0246. The lowest BCUT2D eigenvalue weighted by Crippen LogP contribution is -2.28. The topological polar surface area (TPSA) is 38.7 Å². The Hall–Kier alpha value is -10.8. The number of rotatable bonds is 22.